The molecule has 1 aromatic carbocycles. The van der Waals surface area contributed by atoms with E-state index in [2.05, 4.69) is 65.2 Å². The first kappa shape index (κ1) is 23.4. The van der Waals surface area contributed by atoms with Gasteiger partial charge in [0.15, 0.2) is 6.23 Å². The van der Waals surface area contributed by atoms with Gasteiger partial charge in [0.1, 0.15) is 12.4 Å². The molecule has 2 aliphatic heterocycles. The van der Waals surface area contributed by atoms with Crippen LogP contribution in [0.2, 0.25) is 0 Å². The number of benzene rings is 1. The Kier molecular flexibility index (Phi) is 6.30. The zero-order valence-corrected chi connectivity index (χ0v) is 19.8. The zero-order chi connectivity index (χ0) is 23.8. The second-order valence-electron chi connectivity index (χ2n) is 10.0. The first-order chi connectivity index (χ1) is 15.6. The average Bonchev–Trinajstić information content (AvgIpc) is 3.09. The van der Waals surface area contributed by atoms with Crippen molar-refractivity contribution in [1.29, 1.82) is 0 Å². The number of aromatic nitrogens is 2. The molecule has 33 heavy (non-hydrogen) atoms. The molecule has 3 heterocycles. The molecule has 0 bridgehead atoms. The highest BCUT2D eigenvalue weighted by Gasteiger charge is 2.42. The molecule has 0 aliphatic carbocycles. The van der Waals surface area contributed by atoms with E-state index in [0.29, 0.717) is 11.8 Å². The van der Waals surface area contributed by atoms with Gasteiger partial charge >= 0.3 is 6.09 Å². The number of ether oxygens (including phenoxy) is 1. The number of nitrogens with two attached hydrogens (primary N) is 1. The topological polar surface area (TPSA) is 117 Å². The highest BCUT2D eigenvalue weighted by Crippen LogP contribution is 2.36. The van der Waals surface area contributed by atoms with E-state index in [9.17, 15) is 9.90 Å². The molecule has 178 valence electrons. The van der Waals surface area contributed by atoms with Crippen LogP contribution in [-0.2, 0) is 11.3 Å². The van der Waals surface area contributed by atoms with Gasteiger partial charge < -0.3 is 20.9 Å². The minimum Gasteiger partial charge on any atom is -0.444 e. The number of anilines is 2. The monoisotopic (exact) mass is 454 g/mol. The van der Waals surface area contributed by atoms with Crippen LogP contribution in [0.25, 0.3) is 0 Å². The third kappa shape index (κ3) is 4.95. The van der Waals surface area contributed by atoms with Crippen LogP contribution in [0, 0.1) is 5.41 Å². The van der Waals surface area contributed by atoms with Gasteiger partial charge in [-0.2, -0.15) is 4.98 Å². The fraction of sp³-hybridized carbons (Fsp3) is 0.542. The molecule has 1 aromatic heterocycles. The summed E-state index contributed by atoms with van der Waals surface area (Å²) in [6.45, 7) is 11.5. The Morgan fingerprint density at radius 1 is 1.27 bits per heavy atom. The number of aliphatic hydroxyl groups is 1. The summed E-state index contributed by atoms with van der Waals surface area (Å²) in [7, 11) is 0. The molecule has 2 aromatic rings. The van der Waals surface area contributed by atoms with Crippen molar-refractivity contribution in [3.8, 4) is 0 Å². The quantitative estimate of drug-likeness (QED) is 0.610. The van der Waals surface area contributed by atoms with E-state index in [0.717, 1.165) is 36.5 Å². The highest BCUT2D eigenvalue weighted by atomic mass is 16.6. The van der Waals surface area contributed by atoms with Crippen LogP contribution in [0.1, 0.15) is 51.3 Å². The molecule has 4 rings (SSSR count). The Morgan fingerprint density at radius 2 is 2.00 bits per heavy atom. The number of piperidine rings is 1. The molecule has 3 atom stereocenters. The molecule has 2 fully saturated rings. The SMILES string of the molecule is C[C@H](Nc1nccc(N2C(=O)OC[C@@H]2O)n1)c1ccc(CN2CCC(C)(N)C(C)(C)C2)cc1. The molecule has 0 radical (unpaired) electrons. The Balaban J connectivity index is 1.38. The van der Waals surface area contributed by atoms with Gasteiger partial charge in [0.05, 0.1) is 6.04 Å². The van der Waals surface area contributed by atoms with Crippen molar-refractivity contribution in [3.63, 3.8) is 0 Å². The Hall–Kier alpha value is -2.75. The van der Waals surface area contributed by atoms with E-state index in [4.69, 9.17) is 10.5 Å². The van der Waals surface area contributed by atoms with Crippen LogP contribution in [0.3, 0.4) is 0 Å². The van der Waals surface area contributed by atoms with Crippen LogP contribution < -0.4 is 16.0 Å². The van der Waals surface area contributed by atoms with Gasteiger partial charge in [-0.25, -0.2) is 14.7 Å². The minimum absolute atomic E-state index is 0.0448. The lowest BCUT2D eigenvalue weighted by Gasteiger charge is -2.49. The van der Waals surface area contributed by atoms with E-state index in [-0.39, 0.29) is 23.6 Å². The van der Waals surface area contributed by atoms with Gasteiger partial charge in [-0.15, -0.1) is 0 Å². The van der Waals surface area contributed by atoms with Crippen LogP contribution in [0.15, 0.2) is 36.5 Å². The van der Waals surface area contributed by atoms with Crippen LogP contribution in [0.4, 0.5) is 16.6 Å². The molecule has 2 saturated heterocycles. The second kappa shape index (κ2) is 8.89. The molecule has 1 unspecified atom stereocenters. The number of likely N-dealkylation sites (tertiary alicyclic amines) is 1. The number of nitrogens with one attached hydrogen (secondary N) is 1. The van der Waals surface area contributed by atoms with Crippen molar-refractivity contribution in [2.24, 2.45) is 11.1 Å². The first-order valence-electron chi connectivity index (χ1n) is 11.4. The van der Waals surface area contributed by atoms with Crippen molar-refractivity contribution in [3.05, 3.63) is 47.7 Å². The first-order valence-corrected chi connectivity index (χ1v) is 11.4. The van der Waals surface area contributed by atoms with E-state index in [1.54, 1.807) is 12.3 Å². The lowest BCUT2D eigenvalue weighted by atomic mass is 9.69. The maximum Gasteiger partial charge on any atom is 0.417 e. The van der Waals surface area contributed by atoms with Crippen molar-refractivity contribution < 1.29 is 14.6 Å². The summed E-state index contributed by atoms with van der Waals surface area (Å²) in [5, 5.41) is 13.2. The number of aliphatic hydroxyl groups excluding tert-OH is 1. The maximum atomic E-state index is 11.8. The molecule has 9 heteroatoms. The number of hydrogen-bond donors (Lipinski definition) is 3. The number of carbonyl (C=O) groups is 1. The summed E-state index contributed by atoms with van der Waals surface area (Å²) >= 11 is 0. The van der Waals surface area contributed by atoms with Gasteiger partial charge in [-0.3, -0.25) is 4.90 Å². The lowest BCUT2D eigenvalue weighted by molar-refractivity contribution is 0.0375. The van der Waals surface area contributed by atoms with Gasteiger partial charge in [-0.1, -0.05) is 38.1 Å². The van der Waals surface area contributed by atoms with Crippen molar-refractivity contribution >= 4 is 17.9 Å². The minimum atomic E-state index is -1.05. The molecule has 0 saturated carbocycles. The average molecular weight is 455 g/mol. The molecule has 2 aliphatic rings. The summed E-state index contributed by atoms with van der Waals surface area (Å²) in [5.74, 6) is 0.666. The summed E-state index contributed by atoms with van der Waals surface area (Å²) in [6, 6.07) is 10.1. The van der Waals surface area contributed by atoms with Crippen LogP contribution >= 0.6 is 0 Å². The summed E-state index contributed by atoms with van der Waals surface area (Å²) in [6.07, 6.45) is 0.869. The van der Waals surface area contributed by atoms with Crippen molar-refractivity contribution in [2.75, 3.05) is 29.9 Å². The molecular weight excluding hydrogens is 420 g/mol. The summed E-state index contributed by atoms with van der Waals surface area (Å²) < 4.78 is 4.86. The van der Waals surface area contributed by atoms with Crippen LogP contribution in [-0.4, -0.2) is 57.5 Å². The van der Waals surface area contributed by atoms with E-state index < -0.39 is 12.3 Å². The van der Waals surface area contributed by atoms with Gasteiger partial charge in [-0.05, 0) is 42.9 Å². The van der Waals surface area contributed by atoms with Crippen molar-refractivity contribution in [1.82, 2.24) is 14.9 Å². The summed E-state index contributed by atoms with van der Waals surface area (Å²) in [4.78, 5) is 24.0. The predicted molar refractivity (Wildman–Crippen MR) is 127 cm³/mol. The largest absolute Gasteiger partial charge is 0.444 e. The molecular formula is C24H34N6O3. The summed E-state index contributed by atoms with van der Waals surface area (Å²) in [5.41, 5.74) is 8.80. The normalized spacial score (nSPS) is 26.2. The lowest BCUT2D eigenvalue weighted by Crippen LogP contribution is -2.60. The van der Waals surface area contributed by atoms with Crippen LogP contribution in [0.5, 0.6) is 0 Å². The molecule has 9 nitrogen and oxygen atoms in total. The van der Waals surface area contributed by atoms with Gasteiger partial charge in [0.2, 0.25) is 5.95 Å². The standard InChI is InChI=1S/C24H34N6O3/c1-16(27-21-26-11-9-19(28-21)30-20(31)14-33-22(30)32)18-7-5-17(6-8-18)13-29-12-10-24(4,25)23(2,3)15-29/h5-9,11,16,20,31H,10,12-15,25H2,1-4H3,(H,26,27,28)/t16-,20-,24?/m0/s1. The van der Waals surface area contributed by atoms with E-state index in [1.807, 2.05) is 6.92 Å². The van der Waals surface area contributed by atoms with Crippen molar-refractivity contribution in [2.45, 2.75) is 58.5 Å². The fourth-order valence-corrected chi connectivity index (χ4v) is 4.34. The Bertz CT molecular complexity index is 994. The van der Waals surface area contributed by atoms with Gasteiger partial charge in [0, 0.05) is 31.4 Å². The number of amides is 1. The predicted octanol–water partition coefficient (Wildman–Crippen LogP) is 2.87. The maximum absolute atomic E-state index is 11.8. The Morgan fingerprint density at radius 3 is 2.64 bits per heavy atom. The molecule has 1 amide bonds. The number of cyclic esters (lactones) is 1. The molecule has 4 N–H and O–H groups in total. The second-order valence-corrected chi connectivity index (χ2v) is 10.0. The van der Waals surface area contributed by atoms with E-state index in [1.165, 1.54) is 5.56 Å². The molecule has 0 spiro atoms. The third-order valence-corrected chi connectivity index (χ3v) is 7.08. The smallest absolute Gasteiger partial charge is 0.417 e. The number of carbonyl (C=O) groups excluding carboxylic acids is 1. The number of rotatable bonds is 6. The number of nitrogens with zero attached hydrogens (tertiary/aromatic N) is 4. The van der Waals surface area contributed by atoms with E-state index >= 15 is 0 Å². The number of hydrogen-bond acceptors (Lipinski definition) is 8. The zero-order valence-electron chi connectivity index (χ0n) is 19.8. The highest BCUT2D eigenvalue weighted by molar-refractivity contribution is 5.88. The third-order valence-electron chi connectivity index (χ3n) is 7.08. The fourth-order valence-electron chi connectivity index (χ4n) is 4.34. The van der Waals surface area contributed by atoms with Gasteiger partial charge in [0.25, 0.3) is 0 Å². The Labute approximate surface area is 195 Å².